The molecule has 0 amide bonds. The number of piperidine rings is 1. The normalized spacial score (nSPS) is 17.4. The van der Waals surface area contributed by atoms with E-state index in [2.05, 4.69) is 21.9 Å². The number of benzene rings is 1. The quantitative estimate of drug-likeness (QED) is 0.797. The Morgan fingerprint density at radius 2 is 2.15 bits per heavy atom. The molecule has 106 valence electrons. The maximum Gasteiger partial charge on any atom is 0.297 e. The van der Waals surface area contributed by atoms with E-state index >= 15 is 0 Å². The van der Waals surface area contributed by atoms with E-state index in [0.717, 1.165) is 25.9 Å². The predicted octanol–water partition coefficient (Wildman–Crippen LogP) is 0.978. The number of rotatable bonds is 2. The highest BCUT2D eigenvalue weighted by molar-refractivity contribution is 5.81. The third-order valence-corrected chi connectivity index (χ3v) is 3.65. The van der Waals surface area contributed by atoms with E-state index in [-0.39, 0.29) is 11.7 Å². The summed E-state index contributed by atoms with van der Waals surface area (Å²) in [5.74, 6) is 0. The predicted molar refractivity (Wildman–Crippen MR) is 77.9 cm³/mol. The molecule has 2 heterocycles. The zero-order valence-electron chi connectivity index (χ0n) is 11.4. The third-order valence-electron chi connectivity index (χ3n) is 3.65. The lowest BCUT2D eigenvalue weighted by molar-refractivity contribution is 0.105. The molecular weight excluding hydrogens is 256 g/mol. The Morgan fingerprint density at radius 1 is 1.40 bits per heavy atom. The van der Waals surface area contributed by atoms with Gasteiger partial charge in [0, 0.05) is 18.8 Å². The Kier molecular flexibility index (Phi) is 3.31. The lowest BCUT2D eigenvalue weighted by atomic mass is 10.1. The number of nitrogens with one attached hydrogen (secondary N) is 1. The fourth-order valence-electron chi connectivity index (χ4n) is 2.45. The molecule has 0 saturated carbocycles. The van der Waals surface area contributed by atoms with Crippen LogP contribution in [0, 0.1) is 0 Å². The van der Waals surface area contributed by atoms with E-state index in [1.807, 2.05) is 0 Å². The second-order valence-corrected chi connectivity index (χ2v) is 5.27. The number of hydrogen-bond donors (Lipinski definition) is 2. The third kappa shape index (κ3) is 2.60. The summed E-state index contributed by atoms with van der Waals surface area (Å²) >= 11 is 0. The van der Waals surface area contributed by atoms with Crippen molar-refractivity contribution in [3.8, 4) is 6.01 Å². The van der Waals surface area contributed by atoms with Crippen LogP contribution in [0.2, 0.25) is 0 Å². The smallest absolute Gasteiger partial charge is 0.297 e. The van der Waals surface area contributed by atoms with Crippen molar-refractivity contribution >= 4 is 16.6 Å². The number of nitrogens with zero attached hydrogens (tertiary/aromatic N) is 2. The summed E-state index contributed by atoms with van der Waals surface area (Å²) in [5.41, 5.74) is 6.61. The molecular formula is C14H18N4O2. The number of anilines is 1. The molecule has 0 atom stereocenters. The number of H-pyrrole nitrogens is 1. The van der Waals surface area contributed by atoms with Gasteiger partial charge in [-0.2, -0.15) is 4.98 Å². The van der Waals surface area contributed by atoms with Crippen molar-refractivity contribution in [1.82, 2.24) is 14.9 Å². The average molecular weight is 274 g/mol. The molecule has 1 fully saturated rings. The lowest BCUT2D eigenvalue weighted by Gasteiger charge is -2.28. The summed E-state index contributed by atoms with van der Waals surface area (Å²) in [5, 5.41) is 0.487. The van der Waals surface area contributed by atoms with Crippen LogP contribution >= 0.6 is 0 Å². The zero-order chi connectivity index (χ0) is 14.1. The lowest BCUT2D eigenvalue weighted by Crippen LogP contribution is -2.36. The van der Waals surface area contributed by atoms with E-state index in [1.165, 1.54) is 0 Å². The molecule has 0 spiro atoms. The summed E-state index contributed by atoms with van der Waals surface area (Å²) in [6, 6.07) is 5.39. The van der Waals surface area contributed by atoms with Crippen LogP contribution < -0.4 is 16.0 Å². The number of ether oxygens (including phenoxy) is 1. The first kappa shape index (κ1) is 12.9. The number of aromatic nitrogens is 2. The Bertz CT molecular complexity index is 674. The second kappa shape index (κ2) is 5.13. The van der Waals surface area contributed by atoms with E-state index < -0.39 is 0 Å². The summed E-state index contributed by atoms with van der Waals surface area (Å²) in [4.78, 5) is 21.3. The van der Waals surface area contributed by atoms with Crippen molar-refractivity contribution < 1.29 is 4.74 Å². The first-order valence-electron chi connectivity index (χ1n) is 6.76. The molecule has 20 heavy (non-hydrogen) atoms. The summed E-state index contributed by atoms with van der Waals surface area (Å²) in [6.07, 6.45) is 2.00. The van der Waals surface area contributed by atoms with E-state index in [0.29, 0.717) is 22.6 Å². The highest BCUT2D eigenvalue weighted by atomic mass is 16.5. The molecule has 3 N–H and O–H groups in total. The first-order chi connectivity index (χ1) is 9.61. The van der Waals surface area contributed by atoms with Crippen LogP contribution in [0.4, 0.5) is 5.69 Å². The highest BCUT2D eigenvalue weighted by Crippen LogP contribution is 2.17. The van der Waals surface area contributed by atoms with Crippen LogP contribution in [0.25, 0.3) is 10.9 Å². The molecule has 1 aliphatic heterocycles. The molecule has 2 aromatic rings. The van der Waals surface area contributed by atoms with Gasteiger partial charge in [-0.3, -0.25) is 9.78 Å². The van der Waals surface area contributed by atoms with Crippen LogP contribution in [-0.2, 0) is 0 Å². The molecule has 0 aliphatic carbocycles. The Labute approximate surface area is 116 Å². The molecule has 1 aromatic heterocycles. The number of nitrogen functional groups attached to an aromatic ring is 1. The van der Waals surface area contributed by atoms with Gasteiger partial charge in [0.05, 0.1) is 10.9 Å². The number of fused-ring (bicyclic) bond motifs is 1. The van der Waals surface area contributed by atoms with Gasteiger partial charge in [0.2, 0.25) is 0 Å². The van der Waals surface area contributed by atoms with Crippen molar-refractivity contribution in [2.24, 2.45) is 0 Å². The van der Waals surface area contributed by atoms with Crippen molar-refractivity contribution in [3.63, 3.8) is 0 Å². The molecule has 0 unspecified atom stereocenters. The molecule has 6 nitrogen and oxygen atoms in total. The molecule has 3 rings (SSSR count). The minimum Gasteiger partial charge on any atom is -0.461 e. The molecule has 0 bridgehead atoms. The zero-order valence-corrected chi connectivity index (χ0v) is 11.4. The average Bonchev–Trinajstić information content (AvgIpc) is 2.42. The van der Waals surface area contributed by atoms with E-state index in [9.17, 15) is 4.79 Å². The SMILES string of the molecule is CN1CCC(Oc2nc3ccc(N)cc3c(=O)[nH]2)CC1. The minimum atomic E-state index is -0.217. The van der Waals surface area contributed by atoms with Crippen molar-refractivity contribution in [1.29, 1.82) is 0 Å². The van der Waals surface area contributed by atoms with Gasteiger partial charge < -0.3 is 15.4 Å². The van der Waals surface area contributed by atoms with Gasteiger partial charge in [-0.25, -0.2) is 0 Å². The van der Waals surface area contributed by atoms with E-state index in [1.54, 1.807) is 18.2 Å². The maximum atomic E-state index is 12.0. The van der Waals surface area contributed by atoms with Gasteiger partial charge in [0.25, 0.3) is 11.6 Å². The van der Waals surface area contributed by atoms with Crippen LogP contribution in [0.3, 0.4) is 0 Å². The van der Waals surface area contributed by atoms with Gasteiger partial charge in [-0.1, -0.05) is 0 Å². The van der Waals surface area contributed by atoms with E-state index in [4.69, 9.17) is 10.5 Å². The van der Waals surface area contributed by atoms with Crippen LogP contribution in [0.15, 0.2) is 23.0 Å². The fraction of sp³-hybridized carbons (Fsp3) is 0.429. The number of likely N-dealkylation sites (tertiary alicyclic amines) is 1. The molecule has 1 saturated heterocycles. The largest absolute Gasteiger partial charge is 0.461 e. The monoisotopic (exact) mass is 274 g/mol. The standard InChI is InChI=1S/C14H18N4O2/c1-18-6-4-10(5-7-18)20-14-16-12-3-2-9(15)8-11(12)13(19)17-14/h2-3,8,10H,4-7,15H2,1H3,(H,16,17,19). The number of nitrogens with two attached hydrogens (primary N) is 1. The van der Waals surface area contributed by atoms with Crippen molar-refractivity contribution in [3.05, 3.63) is 28.6 Å². The first-order valence-corrected chi connectivity index (χ1v) is 6.76. The highest BCUT2D eigenvalue weighted by Gasteiger charge is 2.19. The van der Waals surface area contributed by atoms with Gasteiger partial charge in [0.1, 0.15) is 6.10 Å². The van der Waals surface area contributed by atoms with Crippen molar-refractivity contribution in [2.45, 2.75) is 18.9 Å². The second-order valence-electron chi connectivity index (χ2n) is 5.27. The van der Waals surface area contributed by atoms with Gasteiger partial charge in [-0.15, -0.1) is 0 Å². The van der Waals surface area contributed by atoms with Gasteiger partial charge >= 0.3 is 0 Å². The summed E-state index contributed by atoms with van der Waals surface area (Å²) in [6.45, 7) is 2.00. The Morgan fingerprint density at radius 3 is 2.90 bits per heavy atom. The number of hydrogen-bond acceptors (Lipinski definition) is 5. The van der Waals surface area contributed by atoms with Crippen LogP contribution in [-0.4, -0.2) is 41.1 Å². The molecule has 1 aromatic carbocycles. The topological polar surface area (TPSA) is 84.2 Å². The van der Waals surface area contributed by atoms with Crippen LogP contribution in [0.5, 0.6) is 6.01 Å². The van der Waals surface area contributed by atoms with Gasteiger partial charge in [-0.05, 0) is 38.1 Å². The Hall–Kier alpha value is -2.08. The van der Waals surface area contributed by atoms with Gasteiger partial charge in [0.15, 0.2) is 0 Å². The molecule has 1 aliphatic rings. The fourth-order valence-corrected chi connectivity index (χ4v) is 2.45. The Balaban J connectivity index is 1.85. The summed E-state index contributed by atoms with van der Waals surface area (Å²) in [7, 11) is 2.09. The molecule has 6 heteroatoms. The number of aromatic amines is 1. The maximum absolute atomic E-state index is 12.0. The van der Waals surface area contributed by atoms with Crippen molar-refractivity contribution in [2.75, 3.05) is 25.9 Å². The minimum absolute atomic E-state index is 0.112. The molecule has 0 radical (unpaired) electrons. The summed E-state index contributed by atoms with van der Waals surface area (Å²) < 4.78 is 5.80. The van der Waals surface area contributed by atoms with Crippen LogP contribution in [0.1, 0.15) is 12.8 Å².